The van der Waals surface area contributed by atoms with E-state index in [0.29, 0.717) is 5.75 Å². The maximum Gasteiger partial charge on any atom is 0.123 e. The summed E-state index contributed by atoms with van der Waals surface area (Å²) in [5.41, 5.74) is 5.60. The average Bonchev–Trinajstić information content (AvgIpc) is 2.78. The van der Waals surface area contributed by atoms with Crippen LogP contribution in [0.3, 0.4) is 0 Å². The van der Waals surface area contributed by atoms with E-state index in [-0.39, 0.29) is 5.41 Å². The van der Waals surface area contributed by atoms with Gasteiger partial charge in [-0.3, -0.25) is 0 Å². The summed E-state index contributed by atoms with van der Waals surface area (Å²) in [7, 11) is 0. The minimum atomic E-state index is 0.148. The summed E-state index contributed by atoms with van der Waals surface area (Å²) >= 11 is 0. The van der Waals surface area contributed by atoms with Crippen LogP contribution in [0, 0.1) is 13.8 Å². The Morgan fingerprint density at radius 1 is 1.00 bits per heavy atom. The van der Waals surface area contributed by atoms with Crippen molar-refractivity contribution in [3.05, 3.63) is 40.5 Å². The number of rotatable bonds is 0. The number of hydrogen-bond donors (Lipinski definition) is 1. The Hall–Kier alpha value is -1.50. The monoisotopic (exact) mass is 212 g/mol. The van der Waals surface area contributed by atoms with Gasteiger partial charge in [-0.1, -0.05) is 26.0 Å². The molecule has 0 saturated heterocycles. The minimum absolute atomic E-state index is 0.148. The van der Waals surface area contributed by atoms with E-state index in [4.69, 9.17) is 0 Å². The molecule has 0 saturated carbocycles. The van der Waals surface area contributed by atoms with Gasteiger partial charge in [-0.2, -0.15) is 0 Å². The molecule has 0 fully saturated rings. The van der Waals surface area contributed by atoms with Gasteiger partial charge in [0.15, 0.2) is 0 Å². The Labute approximate surface area is 95.7 Å². The number of phenols is 1. The zero-order valence-electron chi connectivity index (χ0n) is 10.2. The summed E-state index contributed by atoms with van der Waals surface area (Å²) in [4.78, 5) is 0. The maximum atomic E-state index is 10.0. The van der Waals surface area contributed by atoms with Gasteiger partial charge in [-0.25, -0.2) is 0 Å². The second-order valence-electron chi connectivity index (χ2n) is 5.32. The highest BCUT2D eigenvalue weighted by atomic mass is 16.3. The van der Waals surface area contributed by atoms with Crippen LogP contribution >= 0.6 is 0 Å². The average molecular weight is 212 g/mol. The molecule has 0 heterocycles. The van der Waals surface area contributed by atoms with Crippen LogP contribution in [0.15, 0.2) is 18.2 Å². The smallest absolute Gasteiger partial charge is 0.123 e. The van der Waals surface area contributed by atoms with Crippen molar-refractivity contribution >= 4 is 10.8 Å². The number of fused-ring (bicyclic) bond motifs is 3. The lowest BCUT2D eigenvalue weighted by molar-refractivity contribution is 0.481. The normalized spacial score (nSPS) is 16.2. The fourth-order valence-corrected chi connectivity index (χ4v) is 3.07. The Morgan fingerprint density at radius 3 is 2.38 bits per heavy atom. The molecule has 0 unspecified atom stereocenters. The molecule has 0 bridgehead atoms. The molecule has 1 aliphatic carbocycles. The topological polar surface area (TPSA) is 20.2 Å². The molecule has 1 aliphatic rings. The van der Waals surface area contributed by atoms with Crippen molar-refractivity contribution in [2.45, 2.75) is 33.1 Å². The van der Waals surface area contributed by atoms with Gasteiger partial charge in [-0.05, 0) is 47.6 Å². The van der Waals surface area contributed by atoms with Crippen molar-refractivity contribution < 1.29 is 5.11 Å². The van der Waals surface area contributed by atoms with Gasteiger partial charge in [-0.15, -0.1) is 0 Å². The van der Waals surface area contributed by atoms with Crippen molar-refractivity contribution in [2.75, 3.05) is 0 Å². The van der Waals surface area contributed by atoms with Crippen molar-refractivity contribution in [1.29, 1.82) is 0 Å². The molecule has 1 nitrogen and oxygen atoms in total. The first kappa shape index (κ1) is 9.71. The second-order valence-corrected chi connectivity index (χ2v) is 5.32. The molecule has 3 rings (SSSR count). The fraction of sp³-hybridized carbons (Fsp3) is 0.333. The number of aromatic hydroxyl groups is 1. The van der Waals surface area contributed by atoms with Crippen LogP contribution < -0.4 is 0 Å². The van der Waals surface area contributed by atoms with E-state index in [1.165, 1.54) is 27.6 Å². The summed E-state index contributed by atoms with van der Waals surface area (Å²) in [5.74, 6) is 0.419. The van der Waals surface area contributed by atoms with Crippen LogP contribution in [0.25, 0.3) is 10.8 Å². The highest BCUT2D eigenvalue weighted by molar-refractivity contribution is 6.01. The summed E-state index contributed by atoms with van der Waals surface area (Å²) in [6, 6.07) is 5.81. The SMILES string of the molecule is Cc1c2c(c3c(O)cccc3c1C)C2(C)C. The molecular weight excluding hydrogens is 196 g/mol. The van der Waals surface area contributed by atoms with Crippen LogP contribution in [0.5, 0.6) is 5.75 Å². The molecule has 0 amide bonds. The lowest BCUT2D eigenvalue weighted by Gasteiger charge is -2.05. The maximum absolute atomic E-state index is 10.0. The zero-order valence-corrected chi connectivity index (χ0v) is 10.2. The van der Waals surface area contributed by atoms with E-state index < -0.39 is 0 Å². The summed E-state index contributed by atoms with van der Waals surface area (Å²) in [6.07, 6.45) is 0. The molecule has 16 heavy (non-hydrogen) atoms. The Balaban J connectivity index is 2.57. The van der Waals surface area contributed by atoms with Crippen LogP contribution in [-0.2, 0) is 5.41 Å². The Bertz CT molecular complexity index is 621. The number of phenolic OH excluding ortho intramolecular Hbond substituents is 1. The third kappa shape index (κ3) is 0.915. The third-order valence-electron chi connectivity index (χ3n) is 4.07. The lowest BCUT2D eigenvalue weighted by atomic mass is 10.0. The summed E-state index contributed by atoms with van der Waals surface area (Å²) in [5, 5.41) is 12.3. The first-order valence-electron chi connectivity index (χ1n) is 5.72. The first-order valence-corrected chi connectivity index (χ1v) is 5.72. The van der Waals surface area contributed by atoms with Gasteiger partial charge in [0.05, 0.1) is 0 Å². The predicted molar refractivity (Wildman–Crippen MR) is 67.2 cm³/mol. The first-order chi connectivity index (χ1) is 7.46. The van der Waals surface area contributed by atoms with Gasteiger partial charge < -0.3 is 5.11 Å². The van der Waals surface area contributed by atoms with Crippen molar-refractivity contribution in [1.82, 2.24) is 0 Å². The highest BCUT2D eigenvalue weighted by Crippen LogP contribution is 2.57. The van der Waals surface area contributed by atoms with Crippen molar-refractivity contribution in [3.8, 4) is 5.75 Å². The Kier molecular flexibility index (Phi) is 1.58. The highest BCUT2D eigenvalue weighted by Gasteiger charge is 2.46. The molecule has 0 atom stereocenters. The minimum Gasteiger partial charge on any atom is -0.507 e. The van der Waals surface area contributed by atoms with Gasteiger partial charge >= 0.3 is 0 Å². The molecule has 2 aromatic rings. The van der Waals surface area contributed by atoms with Crippen LogP contribution in [0.1, 0.15) is 36.1 Å². The van der Waals surface area contributed by atoms with E-state index in [2.05, 4.69) is 33.8 Å². The molecule has 0 radical (unpaired) electrons. The van der Waals surface area contributed by atoms with Gasteiger partial charge in [0.1, 0.15) is 5.75 Å². The van der Waals surface area contributed by atoms with E-state index in [1.54, 1.807) is 6.07 Å². The third-order valence-corrected chi connectivity index (χ3v) is 4.07. The van der Waals surface area contributed by atoms with E-state index in [1.807, 2.05) is 6.07 Å². The molecule has 0 spiro atoms. The molecule has 1 N–H and O–H groups in total. The van der Waals surface area contributed by atoms with Crippen LogP contribution in [-0.4, -0.2) is 5.11 Å². The molecule has 1 heteroatoms. The van der Waals surface area contributed by atoms with Gasteiger partial charge in [0, 0.05) is 10.8 Å². The van der Waals surface area contributed by atoms with E-state index in [0.717, 1.165) is 5.39 Å². The number of hydrogen-bond acceptors (Lipinski definition) is 1. The molecule has 0 aromatic heterocycles. The molecular formula is C15H16O. The van der Waals surface area contributed by atoms with E-state index >= 15 is 0 Å². The van der Waals surface area contributed by atoms with Gasteiger partial charge in [0.25, 0.3) is 0 Å². The number of aryl methyl sites for hydroxylation is 1. The summed E-state index contributed by atoms with van der Waals surface area (Å²) < 4.78 is 0. The molecule has 2 aromatic carbocycles. The standard InChI is InChI=1S/C15H16O/c1-8-9(2)13-14(15(13,3)4)12-10(8)6-5-7-11(12)16/h5-7,16H,1-4H3. The Morgan fingerprint density at radius 2 is 1.69 bits per heavy atom. The summed E-state index contributed by atoms with van der Waals surface area (Å²) in [6.45, 7) is 8.80. The van der Waals surface area contributed by atoms with E-state index in [9.17, 15) is 5.11 Å². The van der Waals surface area contributed by atoms with Crippen molar-refractivity contribution in [3.63, 3.8) is 0 Å². The number of benzene rings is 2. The quantitative estimate of drug-likeness (QED) is 0.704. The molecule has 0 aliphatic heterocycles. The molecule has 82 valence electrons. The van der Waals surface area contributed by atoms with Gasteiger partial charge in [0.2, 0.25) is 0 Å². The van der Waals surface area contributed by atoms with Crippen LogP contribution in [0.2, 0.25) is 0 Å². The zero-order chi connectivity index (χ0) is 11.7. The fourth-order valence-electron chi connectivity index (χ4n) is 3.07. The van der Waals surface area contributed by atoms with Crippen LogP contribution in [0.4, 0.5) is 0 Å². The lowest BCUT2D eigenvalue weighted by Crippen LogP contribution is -1.91. The largest absolute Gasteiger partial charge is 0.507 e. The predicted octanol–water partition coefficient (Wildman–Crippen LogP) is 3.80. The van der Waals surface area contributed by atoms with Crippen molar-refractivity contribution in [2.24, 2.45) is 0 Å². The second kappa shape index (κ2) is 2.60.